The Hall–Kier alpha value is -1.63. The zero-order valence-electron chi connectivity index (χ0n) is 11.6. The van der Waals surface area contributed by atoms with Crippen LogP contribution in [0.1, 0.15) is 20.3 Å². The van der Waals surface area contributed by atoms with E-state index in [2.05, 4.69) is 21.2 Å². The molecule has 104 valence electrons. The highest BCUT2D eigenvalue weighted by atomic mass is 16.2. The summed E-state index contributed by atoms with van der Waals surface area (Å²) in [6.07, 6.45) is 0.343. The Kier molecular flexibility index (Phi) is 5.75. The third-order valence-electron chi connectivity index (χ3n) is 3.36. The number of hydrogen-bond acceptors (Lipinski definition) is 5. The van der Waals surface area contributed by atoms with Gasteiger partial charge in [0.1, 0.15) is 5.54 Å². The molecule has 1 saturated heterocycles. The Labute approximate surface area is 114 Å². The number of rotatable bonds is 5. The van der Waals surface area contributed by atoms with E-state index in [0.717, 1.165) is 26.2 Å². The maximum atomic E-state index is 11.6. The number of nitriles is 2. The van der Waals surface area contributed by atoms with Crippen molar-refractivity contribution in [2.24, 2.45) is 0 Å². The van der Waals surface area contributed by atoms with E-state index >= 15 is 0 Å². The molecule has 1 N–H and O–H groups in total. The number of amides is 1. The van der Waals surface area contributed by atoms with Crippen molar-refractivity contribution in [2.75, 3.05) is 39.3 Å². The van der Waals surface area contributed by atoms with E-state index in [-0.39, 0.29) is 5.91 Å². The second kappa shape index (κ2) is 7.08. The Morgan fingerprint density at radius 2 is 1.89 bits per heavy atom. The highest BCUT2D eigenvalue weighted by molar-refractivity contribution is 5.78. The fourth-order valence-corrected chi connectivity index (χ4v) is 2.05. The van der Waals surface area contributed by atoms with Gasteiger partial charge in [-0.1, -0.05) is 0 Å². The first-order valence-corrected chi connectivity index (χ1v) is 6.52. The van der Waals surface area contributed by atoms with Gasteiger partial charge in [-0.2, -0.15) is 10.5 Å². The molecule has 1 rings (SSSR count). The van der Waals surface area contributed by atoms with E-state index < -0.39 is 5.54 Å². The number of carbonyl (C=O) groups excluding carboxylic acids is 1. The van der Waals surface area contributed by atoms with Gasteiger partial charge in [-0.25, -0.2) is 0 Å². The van der Waals surface area contributed by atoms with E-state index in [1.54, 1.807) is 0 Å². The van der Waals surface area contributed by atoms with E-state index in [4.69, 9.17) is 10.5 Å². The molecule has 6 heteroatoms. The van der Waals surface area contributed by atoms with Crippen LogP contribution in [0.5, 0.6) is 0 Å². The largest absolute Gasteiger partial charge is 0.354 e. The number of hydrogen-bond donors (Lipinski definition) is 1. The molecule has 0 atom stereocenters. The van der Waals surface area contributed by atoms with Crippen molar-refractivity contribution in [3.63, 3.8) is 0 Å². The van der Waals surface area contributed by atoms with Gasteiger partial charge >= 0.3 is 0 Å². The van der Waals surface area contributed by atoms with Crippen LogP contribution in [0.15, 0.2) is 0 Å². The molecule has 0 aliphatic carbocycles. The van der Waals surface area contributed by atoms with Crippen molar-refractivity contribution in [3.05, 3.63) is 0 Å². The average molecular weight is 263 g/mol. The summed E-state index contributed by atoms with van der Waals surface area (Å²) in [5.41, 5.74) is -0.443. The van der Waals surface area contributed by atoms with Crippen LogP contribution >= 0.6 is 0 Å². The predicted octanol–water partition coefficient (Wildman–Crippen LogP) is -0.0639. The minimum Gasteiger partial charge on any atom is -0.354 e. The minimum atomic E-state index is -0.443. The molecule has 0 radical (unpaired) electrons. The molecule has 0 spiro atoms. The highest BCUT2D eigenvalue weighted by Crippen LogP contribution is 2.15. The lowest BCUT2D eigenvalue weighted by Crippen LogP contribution is -2.55. The van der Waals surface area contributed by atoms with Crippen LogP contribution in [0.25, 0.3) is 0 Å². The second-order valence-electron chi connectivity index (χ2n) is 5.19. The van der Waals surface area contributed by atoms with Crippen LogP contribution in [0.3, 0.4) is 0 Å². The number of piperazine rings is 1. The Balaban J connectivity index is 2.29. The Morgan fingerprint density at radius 3 is 2.42 bits per heavy atom. The van der Waals surface area contributed by atoms with Gasteiger partial charge < -0.3 is 5.32 Å². The average Bonchev–Trinajstić information content (AvgIpc) is 2.39. The van der Waals surface area contributed by atoms with Crippen molar-refractivity contribution >= 4 is 5.91 Å². The first kappa shape index (κ1) is 15.4. The Morgan fingerprint density at radius 1 is 1.26 bits per heavy atom. The third kappa shape index (κ3) is 4.86. The zero-order chi connectivity index (χ0) is 14.3. The summed E-state index contributed by atoms with van der Waals surface area (Å²) < 4.78 is 0. The van der Waals surface area contributed by atoms with Crippen molar-refractivity contribution in [3.8, 4) is 12.1 Å². The quantitative estimate of drug-likeness (QED) is 0.702. The molecule has 0 aromatic heterocycles. The van der Waals surface area contributed by atoms with Crippen molar-refractivity contribution in [1.29, 1.82) is 10.5 Å². The van der Waals surface area contributed by atoms with Gasteiger partial charge in [-0.3, -0.25) is 14.6 Å². The summed E-state index contributed by atoms with van der Waals surface area (Å²) in [5.74, 6) is -0.0387. The summed E-state index contributed by atoms with van der Waals surface area (Å²) in [6.45, 7) is 7.78. The van der Waals surface area contributed by atoms with Crippen LogP contribution in [0.2, 0.25) is 0 Å². The molecule has 1 heterocycles. The summed E-state index contributed by atoms with van der Waals surface area (Å²) in [4.78, 5) is 15.8. The topological polar surface area (TPSA) is 83.2 Å². The fraction of sp³-hybridized carbons (Fsp3) is 0.769. The second-order valence-corrected chi connectivity index (χ2v) is 5.19. The van der Waals surface area contributed by atoms with Gasteiger partial charge in [0.2, 0.25) is 5.91 Å². The van der Waals surface area contributed by atoms with E-state index in [1.807, 2.05) is 19.9 Å². The minimum absolute atomic E-state index is 0.0387. The summed E-state index contributed by atoms with van der Waals surface area (Å²) in [7, 11) is 0. The monoisotopic (exact) mass is 263 g/mol. The van der Waals surface area contributed by atoms with Gasteiger partial charge in [0, 0.05) is 32.7 Å². The van der Waals surface area contributed by atoms with E-state index in [1.165, 1.54) is 0 Å². The van der Waals surface area contributed by atoms with Crippen LogP contribution in [0, 0.1) is 22.7 Å². The normalized spacial score (nSPS) is 17.5. The highest BCUT2D eigenvalue weighted by Gasteiger charge is 2.29. The lowest BCUT2D eigenvalue weighted by Gasteiger charge is -2.40. The molecule has 0 unspecified atom stereocenters. The van der Waals surface area contributed by atoms with Crippen LogP contribution in [-0.4, -0.2) is 60.5 Å². The van der Waals surface area contributed by atoms with Gasteiger partial charge in [0.05, 0.1) is 25.1 Å². The van der Waals surface area contributed by atoms with E-state index in [9.17, 15) is 4.79 Å². The van der Waals surface area contributed by atoms with Crippen molar-refractivity contribution in [2.45, 2.75) is 25.8 Å². The van der Waals surface area contributed by atoms with Crippen molar-refractivity contribution in [1.82, 2.24) is 15.1 Å². The predicted molar refractivity (Wildman–Crippen MR) is 70.9 cm³/mol. The van der Waals surface area contributed by atoms with Crippen LogP contribution in [-0.2, 0) is 4.79 Å². The number of nitrogens with zero attached hydrogens (tertiary/aromatic N) is 4. The number of nitrogens with one attached hydrogen (secondary N) is 1. The van der Waals surface area contributed by atoms with Gasteiger partial charge in [-0.15, -0.1) is 0 Å². The molecule has 0 saturated carbocycles. The van der Waals surface area contributed by atoms with Crippen molar-refractivity contribution < 1.29 is 4.79 Å². The van der Waals surface area contributed by atoms with Gasteiger partial charge in [-0.05, 0) is 13.8 Å². The first-order valence-electron chi connectivity index (χ1n) is 6.52. The summed E-state index contributed by atoms with van der Waals surface area (Å²) >= 11 is 0. The molecule has 1 aliphatic rings. The van der Waals surface area contributed by atoms with Crippen LogP contribution < -0.4 is 5.32 Å². The van der Waals surface area contributed by atoms with Gasteiger partial charge in [0.15, 0.2) is 0 Å². The molecule has 0 aromatic carbocycles. The maximum absolute atomic E-state index is 11.6. The maximum Gasteiger partial charge on any atom is 0.234 e. The SMILES string of the molecule is CC(C)(C#N)N1CCN(CC(=O)NCCC#N)CC1. The standard InChI is InChI=1S/C13H21N5O/c1-13(2,11-15)18-8-6-17(7-9-18)10-12(19)16-5-3-4-14/h3,5-10H2,1-2H3,(H,16,19). The molecule has 1 aliphatic heterocycles. The first-order chi connectivity index (χ1) is 8.99. The Bertz CT molecular complexity index is 385. The molecular formula is C13H21N5O. The van der Waals surface area contributed by atoms with Crippen LogP contribution in [0.4, 0.5) is 0 Å². The molecule has 0 bridgehead atoms. The summed E-state index contributed by atoms with van der Waals surface area (Å²) in [5, 5.41) is 20.2. The molecule has 1 amide bonds. The third-order valence-corrected chi connectivity index (χ3v) is 3.36. The summed E-state index contributed by atoms with van der Waals surface area (Å²) in [6, 6.07) is 4.29. The number of carbonyl (C=O) groups is 1. The van der Waals surface area contributed by atoms with Gasteiger partial charge in [0.25, 0.3) is 0 Å². The lowest BCUT2D eigenvalue weighted by atomic mass is 10.0. The molecule has 1 fully saturated rings. The molecule has 19 heavy (non-hydrogen) atoms. The van der Waals surface area contributed by atoms with E-state index in [0.29, 0.717) is 19.5 Å². The molecular weight excluding hydrogens is 242 g/mol. The molecule has 6 nitrogen and oxygen atoms in total. The lowest BCUT2D eigenvalue weighted by molar-refractivity contribution is -0.122. The molecule has 0 aromatic rings. The zero-order valence-corrected chi connectivity index (χ0v) is 11.6. The smallest absolute Gasteiger partial charge is 0.234 e. The fourth-order valence-electron chi connectivity index (χ4n) is 2.05.